The van der Waals surface area contributed by atoms with Crippen LogP contribution in [0, 0.1) is 0 Å². The van der Waals surface area contributed by atoms with E-state index in [2.05, 4.69) is 20.0 Å². The van der Waals surface area contributed by atoms with E-state index in [9.17, 15) is 9.13 Å². The number of benzene rings is 1. The molecule has 1 saturated heterocycles. The van der Waals surface area contributed by atoms with E-state index in [0.717, 1.165) is 5.56 Å². The number of anilines is 1. The summed E-state index contributed by atoms with van der Waals surface area (Å²) >= 11 is 6.07. The highest BCUT2D eigenvalue weighted by atomic mass is 35.5. The van der Waals surface area contributed by atoms with Crippen molar-refractivity contribution in [1.82, 2.24) is 19.5 Å². The minimum atomic E-state index is -3.70. The molecular formula is C18H21ClN5O5P2+. The average molecular weight is 485 g/mol. The summed E-state index contributed by atoms with van der Waals surface area (Å²) in [5.41, 5.74) is 1.78. The van der Waals surface area contributed by atoms with Crippen LogP contribution in [0.25, 0.3) is 11.2 Å². The van der Waals surface area contributed by atoms with Gasteiger partial charge >= 0.3 is 16.2 Å². The number of aromatic nitrogens is 4. The van der Waals surface area contributed by atoms with Crippen molar-refractivity contribution >= 4 is 44.8 Å². The van der Waals surface area contributed by atoms with Gasteiger partial charge < -0.3 is 9.30 Å². The van der Waals surface area contributed by atoms with Crippen molar-refractivity contribution in [2.24, 2.45) is 0 Å². The van der Waals surface area contributed by atoms with Crippen LogP contribution < -0.4 is 5.09 Å². The molecule has 3 aromatic rings. The van der Waals surface area contributed by atoms with Crippen LogP contribution in [0.3, 0.4) is 0 Å². The topological polar surface area (TPSA) is 117 Å². The summed E-state index contributed by atoms with van der Waals surface area (Å²) in [7, 11) is -4.22. The molecule has 10 nitrogen and oxygen atoms in total. The molecule has 0 aliphatic carbocycles. The maximum Gasteiger partial charge on any atom is 0.434 e. The fourth-order valence-corrected chi connectivity index (χ4v) is 5.32. The van der Waals surface area contributed by atoms with Crippen LogP contribution in [0.15, 0.2) is 36.9 Å². The van der Waals surface area contributed by atoms with Gasteiger partial charge in [-0.1, -0.05) is 28.3 Å². The number of rotatable bonds is 8. The predicted octanol–water partition coefficient (Wildman–Crippen LogP) is 4.56. The molecule has 1 N–H and O–H groups in total. The average Bonchev–Trinajstić information content (AvgIpc) is 3.16. The van der Waals surface area contributed by atoms with Crippen LogP contribution in [-0.4, -0.2) is 38.6 Å². The van der Waals surface area contributed by atoms with Crippen molar-refractivity contribution in [1.29, 1.82) is 0 Å². The van der Waals surface area contributed by atoms with Crippen LogP contribution in [0.2, 0.25) is 5.02 Å². The van der Waals surface area contributed by atoms with Gasteiger partial charge in [-0.05, 0) is 24.6 Å². The van der Waals surface area contributed by atoms with Crippen LogP contribution in [0.1, 0.15) is 25.0 Å². The predicted molar refractivity (Wildman–Crippen MR) is 117 cm³/mol. The second-order valence-corrected chi connectivity index (χ2v) is 9.64. The summed E-state index contributed by atoms with van der Waals surface area (Å²) in [5, 5.41) is 3.37. The number of nitrogens with one attached hydrogen (secondary N) is 1. The second kappa shape index (κ2) is 9.69. The lowest BCUT2D eigenvalue weighted by Gasteiger charge is -2.30. The summed E-state index contributed by atoms with van der Waals surface area (Å²) in [6.45, 7) is 2.57. The molecule has 1 fully saturated rings. The molecule has 4 rings (SSSR count). The number of ether oxygens (including phenoxy) is 1. The van der Waals surface area contributed by atoms with Crippen molar-refractivity contribution in [2.45, 2.75) is 32.1 Å². The first-order chi connectivity index (χ1) is 15.0. The third-order valence-corrected chi connectivity index (χ3v) is 6.71. The molecule has 0 spiro atoms. The Kier molecular flexibility index (Phi) is 6.96. The number of halogens is 1. The standard InChI is InChI=1S/C18H20ClN5O5P2/c1-12(27-11-30-25)8-24-10-22-16-17(20-9-21-18(16)24)23-31(26)28-6-5-15(29-31)13-3-2-4-14(19)7-13/h2-4,7,9-10,12,15H,5-6,8,11H2,1H3,(H,20,21,23,26)/p+1/t12-,15?,31?/m1/s1. The molecule has 0 amide bonds. The van der Waals surface area contributed by atoms with Gasteiger partial charge in [0.25, 0.3) is 0 Å². The van der Waals surface area contributed by atoms with E-state index in [1.807, 2.05) is 19.1 Å². The molecule has 31 heavy (non-hydrogen) atoms. The minimum Gasteiger partial charge on any atom is -0.333 e. The summed E-state index contributed by atoms with van der Waals surface area (Å²) < 4.78 is 42.4. The van der Waals surface area contributed by atoms with Gasteiger partial charge in [-0.15, -0.1) is 0 Å². The fraction of sp³-hybridized carbons (Fsp3) is 0.389. The van der Waals surface area contributed by atoms with Gasteiger partial charge in [-0.3, -0.25) is 14.1 Å². The third-order valence-electron chi connectivity index (χ3n) is 4.65. The Morgan fingerprint density at radius 2 is 2.29 bits per heavy atom. The highest BCUT2D eigenvalue weighted by Gasteiger charge is 2.36. The quantitative estimate of drug-likeness (QED) is 0.459. The molecule has 2 aromatic heterocycles. The van der Waals surface area contributed by atoms with E-state index in [0.29, 0.717) is 29.2 Å². The Morgan fingerprint density at radius 3 is 3.10 bits per heavy atom. The Bertz CT molecular complexity index is 1130. The van der Waals surface area contributed by atoms with Crippen LogP contribution in [-0.2, 0) is 29.5 Å². The zero-order valence-electron chi connectivity index (χ0n) is 16.6. The van der Waals surface area contributed by atoms with E-state index in [-0.39, 0.29) is 24.9 Å². The number of imidazole rings is 1. The summed E-state index contributed by atoms with van der Waals surface area (Å²) in [6.07, 6.45) is 3.03. The second-order valence-electron chi connectivity index (χ2n) is 6.94. The van der Waals surface area contributed by atoms with Crippen molar-refractivity contribution in [3.8, 4) is 0 Å². The molecular weight excluding hydrogens is 464 g/mol. The summed E-state index contributed by atoms with van der Waals surface area (Å²) in [4.78, 5) is 12.8. The molecule has 1 aliphatic heterocycles. The largest absolute Gasteiger partial charge is 0.434 e. The summed E-state index contributed by atoms with van der Waals surface area (Å²) in [6, 6.07) is 7.23. The molecule has 1 aromatic carbocycles. The molecule has 0 saturated carbocycles. The maximum absolute atomic E-state index is 13.3. The molecule has 1 aliphatic rings. The van der Waals surface area contributed by atoms with Gasteiger partial charge in [0.05, 0.1) is 31.7 Å². The van der Waals surface area contributed by atoms with Gasteiger partial charge in [-0.25, -0.2) is 19.5 Å². The SMILES string of the molecule is C[C@H](Cn1cnc2c(NP3(=O)OCCC(c4cccc(Cl)c4)O3)ncnc21)OC[PH+]=O. The molecule has 0 radical (unpaired) electrons. The Morgan fingerprint density at radius 1 is 1.42 bits per heavy atom. The lowest BCUT2D eigenvalue weighted by atomic mass is 10.1. The molecule has 13 heteroatoms. The first-order valence-electron chi connectivity index (χ1n) is 9.56. The first-order valence-corrected chi connectivity index (χ1v) is 12.6. The van der Waals surface area contributed by atoms with Crippen molar-refractivity contribution in [3.05, 3.63) is 47.5 Å². The van der Waals surface area contributed by atoms with E-state index >= 15 is 0 Å². The minimum absolute atomic E-state index is 0.168. The lowest BCUT2D eigenvalue weighted by Crippen LogP contribution is -2.18. The van der Waals surface area contributed by atoms with Gasteiger partial charge in [0.2, 0.25) is 6.35 Å². The Hall–Kier alpha value is -1.93. The normalized spacial score (nSPS) is 22.6. The summed E-state index contributed by atoms with van der Waals surface area (Å²) in [5.74, 6) is 0.244. The Balaban J connectivity index is 1.53. The van der Waals surface area contributed by atoms with Gasteiger partial charge in [0.1, 0.15) is 6.33 Å². The molecule has 3 unspecified atom stereocenters. The van der Waals surface area contributed by atoms with Crippen molar-refractivity contribution < 1.29 is 22.9 Å². The molecule has 164 valence electrons. The third kappa shape index (κ3) is 5.29. The molecule has 3 heterocycles. The first kappa shape index (κ1) is 22.3. The monoisotopic (exact) mass is 484 g/mol. The Labute approximate surface area is 185 Å². The number of fused-ring (bicyclic) bond motifs is 1. The number of hydrogen-bond donors (Lipinski definition) is 1. The molecule has 4 atom stereocenters. The van der Waals surface area contributed by atoms with E-state index in [1.165, 1.54) is 6.33 Å². The maximum atomic E-state index is 13.3. The number of nitrogens with zero attached hydrogens (tertiary/aromatic N) is 4. The van der Waals surface area contributed by atoms with Gasteiger partial charge in [0.15, 0.2) is 17.0 Å². The van der Waals surface area contributed by atoms with Crippen molar-refractivity contribution in [2.75, 3.05) is 18.0 Å². The van der Waals surface area contributed by atoms with Gasteiger partial charge in [0, 0.05) is 11.4 Å². The number of hydrogen-bond acceptors (Lipinski definition) is 8. The zero-order valence-corrected chi connectivity index (χ0v) is 19.3. The lowest BCUT2D eigenvalue weighted by molar-refractivity contribution is 0.0842. The van der Waals surface area contributed by atoms with Gasteiger partial charge in [-0.2, -0.15) is 0 Å². The zero-order chi connectivity index (χ0) is 21.8. The fourth-order valence-electron chi connectivity index (χ4n) is 3.26. The van der Waals surface area contributed by atoms with Crippen LogP contribution in [0.4, 0.5) is 5.82 Å². The van der Waals surface area contributed by atoms with Crippen molar-refractivity contribution in [3.63, 3.8) is 0 Å². The molecule has 0 bridgehead atoms. The van der Waals surface area contributed by atoms with Crippen LogP contribution >= 0.6 is 27.8 Å². The van der Waals surface area contributed by atoms with E-state index in [1.54, 1.807) is 23.0 Å². The van der Waals surface area contributed by atoms with Crippen LogP contribution in [0.5, 0.6) is 0 Å². The smallest absolute Gasteiger partial charge is 0.333 e. The van der Waals surface area contributed by atoms with E-state index in [4.69, 9.17) is 25.4 Å². The highest BCUT2D eigenvalue weighted by Crippen LogP contribution is 2.55. The van der Waals surface area contributed by atoms with E-state index < -0.39 is 22.3 Å². The highest BCUT2D eigenvalue weighted by molar-refractivity contribution is 7.55.